The Morgan fingerprint density at radius 2 is 2.13 bits per heavy atom. The lowest BCUT2D eigenvalue weighted by molar-refractivity contribution is -0.128. The second-order valence-electron chi connectivity index (χ2n) is 2.58. The summed E-state index contributed by atoms with van der Waals surface area (Å²) in [4.78, 5) is 17.2. The molecule has 0 aromatic carbocycles. The average Bonchev–Trinajstić information content (AvgIpc) is 2.05. The summed E-state index contributed by atoms with van der Waals surface area (Å²) < 4.78 is 35.8. The highest BCUT2D eigenvalue weighted by molar-refractivity contribution is 9.10. The van der Waals surface area contributed by atoms with E-state index >= 15 is 0 Å². The summed E-state index contributed by atoms with van der Waals surface area (Å²) in [5.74, 6) is -1.98. The van der Waals surface area contributed by atoms with Gasteiger partial charge in [-0.3, -0.25) is 0 Å². The SMILES string of the molecule is O=C(O)c1nc(CC(F)(F)F)ncc1Br. The second kappa shape index (κ2) is 4.13. The predicted octanol–water partition coefficient (Wildman–Crippen LogP) is 2.04. The molecule has 0 saturated heterocycles. The van der Waals surface area contributed by atoms with Crippen molar-refractivity contribution in [2.45, 2.75) is 12.6 Å². The van der Waals surface area contributed by atoms with E-state index in [2.05, 4.69) is 25.9 Å². The van der Waals surface area contributed by atoms with Crippen molar-refractivity contribution in [3.05, 3.63) is 22.2 Å². The molecule has 0 amide bonds. The van der Waals surface area contributed by atoms with Crippen molar-refractivity contribution >= 4 is 21.9 Å². The Balaban J connectivity index is 3.03. The normalized spacial score (nSPS) is 11.5. The van der Waals surface area contributed by atoms with Crippen LogP contribution in [0, 0.1) is 0 Å². The third kappa shape index (κ3) is 3.46. The summed E-state index contributed by atoms with van der Waals surface area (Å²) in [5, 5.41) is 8.59. The fourth-order valence-electron chi connectivity index (χ4n) is 0.818. The van der Waals surface area contributed by atoms with Gasteiger partial charge in [-0.2, -0.15) is 13.2 Å². The van der Waals surface area contributed by atoms with Gasteiger partial charge in [-0.1, -0.05) is 0 Å². The van der Waals surface area contributed by atoms with Gasteiger partial charge in [-0.05, 0) is 15.9 Å². The number of rotatable bonds is 2. The van der Waals surface area contributed by atoms with E-state index in [0.717, 1.165) is 6.20 Å². The molecule has 0 radical (unpaired) electrons. The zero-order valence-electron chi connectivity index (χ0n) is 7.05. The molecular weight excluding hydrogens is 281 g/mol. The van der Waals surface area contributed by atoms with Crippen molar-refractivity contribution in [3.63, 3.8) is 0 Å². The lowest BCUT2D eigenvalue weighted by Gasteiger charge is -2.05. The largest absolute Gasteiger partial charge is 0.476 e. The minimum atomic E-state index is -4.45. The molecule has 0 aliphatic carbocycles. The van der Waals surface area contributed by atoms with Crippen LogP contribution in [0.1, 0.15) is 16.3 Å². The van der Waals surface area contributed by atoms with Crippen molar-refractivity contribution in [3.8, 4) is 0 Å². The highest BCUT2D eigenvalue weighted by Crippen LogP contribution is 2.20. The molecule has 0 aliphatic heterocycles. The lowest BCUT2D eigenvalue weighted by atomic mass is 10.3. The molecule has 15 heavy (non-hydrogen) atoms. The van der Waals surface area contributed by atoms with Gasteiger partial charge in [0.05, 0.1) is 4.47 Å². The van der Waals surface area contributed by atoms with Gasteiger partial charge in [-0.15, -0.1) is 0 Å². The number of hydrogen-bond acceptors (Lipinski definition) is 3. The number of carboxylic acids is 1. The van der Waals surface area contributed by atoms with Crippen LogP contribution in [-0.2, 0) is 6.42 Å². The molecule has 0 saturated carbocycles. The van der Waals surface area contributed by atoms with Gasteiger partial charge < -0.3 is 5.11 Å². The zero-order valence-corrected chi connectivity index (χ0v) is 8.63. The van der Waals surface area contributed by atoms with Crippen molar-refractivity contribution in [2.75, 3.05) is 0 Å². The van der Waals surface area contributed by atoms with Crippen LogP contribution in [0.3, 0.4) is 0 Å². The maximum Gasteiger partial charge on any atom is 0.396 e. The Morgan fingerprint density at radius 1 is 1.53 bits per heavy atom. The van der Waals surface area contributed by atoms with Gasteiger partial charge >= 0.3 is 12.1 Å². The van der Waals surface area contributed by atoms with E-state index in [1.807, 2.05) is 0 Å². The fraction of sp³-hybridized carbons (Fsp3) is 0.286. The highest BCUT2D eigenvalue weighted by Gasteiger charge is 2.30. The van der Waals surface area contributed by atoms with Crippen molar-refractivity contribution < 1.29 is 23.1 Å². The number of hydrogen-bond donors (Lipinski definition) is 1. The first-order chi connectivity index (χ1) is 6.79. The molecule has 4 nitrogen and oxygen atoms in total. The van der Waals surface area contributed by atoms with E-state index in [1.54, 1.807) is 0 Å². The summed E-state index contributed by atoms with van der Waals surface area (Å²) in [6, 6.07) is 0. The number of halogens is 4. The number of aromatic carboxylic acids is 1. The second-order valence-corrected chi connectivity index (χ2v) is 3.43. The van der Waals surface area contributed by atoms with Crippen LogP contribution >= 0.6 is 15.9 Å². The number of carboxylic acid groups (broad SMARTS) is 1. The highest BCUT2D eigenvalue weighted by atomic mass is 79.9. The van der Waals surface area contributed by atoms with Gasteiger partial charge in [-0.25, -0.2) is 14.8 Å². The Morgan fingerprint density at radius 3 is 2.60 bits per heavy atom. The van der Waals surface area contributed by atoms with Crippen LogP contribution in [0.4, 0.5) is 13.2 Å². The third-order valence-corrected chi connectivity index (χ3v) is 1.94. The third-order valence-electron chi connectivity index (χ3n) is 1.36. The number of nitrogens with zero attached hydrogens (tertiary/aromatic N) is 2. The van der Waals surface area contributed by atoms with Gasteiger partial charge in [0.25, 0.3) is 0 Å². The van der Waals surface area contributed by atoms with E-state index in [9.17, 15) is 18.0 Å². The molecule has 1 aromatic heterocycles. The topological polar surface area (TPSA) is 63.1 Å². The summed E-state index contributed by atoms with van der Waals surface area (Å²) in [7, 11) is 0. The lowest BCUT2D eigenvalue weighted by Crippen LogP contribution is -2.16. The maximum atomic E-state index is 11.9. The standard InChI is InChI=1S/C7H4BrF3N2O2/c8-3-2-12-4(1-7(9,10)11)13-5(3)6(14)15/h2H,1H2,(H,14,15). The molecule has 0 atom stereocenters. The Labute approximate surface area is 90.3 Å². The van der Waals surface area contributed by atoms with Crippen molar-refractivity contribution in [1.82, 2.24) is 9.97 Å². The summed E-state index contributed by atoms with van der Waals surface area (Å²) in [6.07, 6.45) is -4.82. The minimum absolute atomic E-state index is 0.0425. The predicted molar refractivity (Wildman–Crippen MR) is 46.5 cm³/mol. The molecule has 1 rings (SSSR count). The van der Waals surface area contributed by atoms with Gasteiger partial charge in [0, 0.05) is 6.20 Å². The molecule has 1 aromatic rings. The fourth-order valence-corrected chi connectivity index (χ4v) is 1.18. The van der Waals surface area contributed by atoms with Crippen molar-refractivity contribution in [2.24, 2.45) is 0 Å². The molecule has 0 unspecified atom stereocenters. The van der Waals surface area contributed by atoms with E-state index in [-0.39, 0.29) is 4.47 Å². The van der Waals surface area contributed by atoms with Crippen LogP contribution in [0.15, 0.2) is 10.7 Å². The number of carbonyl (C=O) groups is 1. The number of aromatic nitrogens is 2. The number of alkyl halides is 3. The monoisotopic (exact) mass is 284 g/mol. The minimum Gasteiger partial charge on any atom is -0.476 e. The first-order valence-corrected chi connectivity index (χ1v) is 4.40. The van der Waals surface area contributed by atoms with Crippen molar-refractivity contribution in [1.29, 1.82) is 0 Å². The van der Waals surface area contributed by atoms with Crippen LogP contribution in [0.25, 0.3) is 0 Å². The smallest absolute Gasteiger partial charge is 0.396 e. The van der Waals surface area contributed by atoms with E-state index in [0.29, 0.717) is 0 Å². The van der Waals surface area contributed by atoms with Crippen LogP contribution in [0.2, 0.25) is 0 Å². The molecular formula is C7H4BrF3N2O2. The first-order valence-electron chi connectivity index (χ1n) is 3.61. The van der Waals surface area contributed by atoms with E-state index in [4.69, 9.17) is 5.11 Å². The molecule has 8 heteroatoms. The van der Waals surface area contributed by atoms with Crippen LogP contribution < -0.4 is 0 Å². The van der Waals surface area contributed by atoms with Crippen LogP contribution in [-0.4, -0.2) is 27.2 Å². The maximum absolute atomic E-state index is 11.9. The Bertz CT molecular complexity index is 394. The van der Waals surface area contributed by atoms with E-state index in [1.165, 1.54) is 0 Å². The van der Waals surface area contributed by atoms with Gasteiger partial charge in [0.2, 0.25) is 0 Å². The summed E-state index contributed by atoms with van der Waals surface area (Å²) in [5.41, 5.74) is -0.482. The van der Waals surface area contributed by atoms with Gasteiger partial charge in [0.15, 0.2) is 5.69 Å². The molecule has 0 spiro atoms. The quantitative estimate of drug-likeness (QED) is 0.903. The molecule has 82 valence electrons. The molecule has 0 bridgehead atoms. The Hall–Kier alpha value is -1.18. The average molecular weight is 285 g/mol. The van der Waals surface area contributed by atoms with Crippen LogP contribution in [0.5, 0.6) is 0 Å². The molecule has 1 heterocycles. The molecule has 0 aliphatic rings. The summed E-state index contributed by atoms with van der Waals surface area (Å²) in [6.45, 7) is 0. The zero-order chi connectivity index (χ0) is 11.6. The van der Waals surface area contributed by atoms with E-state index < -0.39 is 30.1 Å². The van der Waals surface area contributed by atoms with Gasteiger partial charge in [0.1, 0.15) is 12.2 Å². The summed E-state index contributed by atoms with van der Waals surface area (Å²) >= 11 is 2.82. The molecule has 1 N–H and O–H groups in total. The first kappa shape index (κ1) is 11.9. The Kier molecular flexibility index (Phi) is 3.28. The molecule has 0 fully saturated rings.